The van der Waals surface area contributed by atoms with Crippen LogP contribution in [0.25, 0.3) is 0 Å². The topological polar surface area (TPSA) is 43.7 Å². The highest BCUT2D eigenvalue weighted by Gasteiger charge is 2.56. The smallest absolute Gasteiger partial charge is 0.122 e. The van der Waals surface area contributed by atoms with E-state index in [2.05, 4.69) is 26.3 Å². The lowest BCUT2D eigenvalue weighted by Gasteiger charge is -2.44. The Kier molecular flexibility index (Phi) is 5.86. The number of hydroxylamine groups is 2. The Bertz CT molecular complexity index is 786. The average molecular weight is 349 g/mol. The van der Waals surface area contributed by atoms with Gasteiger partial charge in [0.1, 0.15) is 11.3 Å². The fraction of sp³-hybridized carbons (Fsp3) is 0.217. The summed E-state index contributed by atoms with van der Waals surface area (Å²) < 4.78 is 0. The predicted molar refractivity (Wildman–Crippen MR) is 108 cm³/mol. The number of hydrogen-bond donors (Lipinski definition) is 2. The van der Waals surface area contributed by atoms with Crippen molar-refractivity contribution >= 4 is 0 Å². The van der Waals surface area contributed by atoms with Crippen molar-refractivity contribution in [3.8, 4) is 5.75 Å². The Morgan fingerprint density at radius 3 is 2.00 bits per heavy atom. The monoisotopic (exact) mass is 349 g/mol. The molecule has 0 fully saturated rings. The van der Waals surface area contributed by atoms with Crippen LogP contribution in [-0.4, -0.2) is 21.4 Å². The largest absolute Gasteiger partial charge is 0.508 e. The molecule has 136 valence electrons. The van der Waals surface area contributed by atoms with Crippen molar-refractivity contribution in [2.24, 2.45) is 0 Å². The van der Waals surface area contributed by atoms with Gasteiger partial charge in [-0.1, -0.05) is 76.6 Å². The molecule has 2 N–H and O–H groups in total. The van der Waals surface area contributed by atoms with Crippen LogP contribution in [0.1, 0.15) is 25.8 Å². The third kappa shape index (κ3) is 2.52. The van der Waals surface area contributed by atoms with Gasteiger partial charge in [-0.05, 0) is 46.4 Å². The molecule has 0 radical (unpaired) electrons. The van der Waals surface area contributed by atoms with E-state index in [0.717, 1.165) is 27.9 Å². The molecule has 3 nitrogen and oxygen atoms in total. The minimum atomic E-state index is -0.923. The summed E-state index contributed by atoms with van der Waals surface area (Å²) in [6.45, 7) is 19.8. The van der Waals surface area contributed by atoms with Gasteiger partial charge in [-0.15, -0.1) is 0 Å². The van der Waals surface area contributed by atoms with Crippen LogP contribution in [-0.2, 0) is 5.54 Å². The Balaban J connectivity index is 0.00000117. The van der Waals surface area contributed by atoms with E-state index in [1.54, 1.807) is 42.5 Å². The van der Waals surface area contributed by atoms with Crippen LogP contribution in [0.3, 0.4) is 0 Å². The van der Waals surface area contributed by atoms with Crippen LogP contribution in [0, 0.1) is 0 Å². The first-order chi connectivity index (χ1) is 12.6. The Morgan fingerprint density at radius 2 is 1.54 bits per heavy atom. The lowest BCUT2D eigenvalue weighted by Crippen LogP contribution is -2.49. The highest BCUT2D eigenvalue weighted by atomic mass is 16.5. The summed E-state index contributed by atoms with van der Waals surface area (Å²) in [6.07, 6.45) is 7.75. The summed E-state index contributed by atoms with van der Waals surface area (Å²) >= 11 is 0. The number of phenolic OH excluding ortho intramolecular Hbond substituents is 1. The summed E-state index contributed by atoms with van der Waals surface area (Å²) in [5.41, 5.74) is 3.62. The number of rotatable bonds is 5. The molecule has 3 rings (SSSR count). The first-order valence-electron chi connectivity index (χ1n) is 8.81. The van der Waals surface area contributed by atoms with Gasteiger partial charge in [-0.25, -0.2) is 0 Å². The number of fused-ring (bicyclic) bond motifs is 2. The molecule has 3 heteroatoms. The molecule has 1 aromatic carbocycles. The van der Waals surface area contributed by atoms with Gasteiger partial charge in [-0.3, -0.25) is 0 Å². The molecule has 0 aromatic heterocycles. The molecular formula is C23H27NO2. The second-order valence-electron chi connectivity index (χ2n) is 5.95. The Hall–Kier alpha value is -2.62. The van der Waals surface area contributed by atoms with Gasteiger partial charge >= 0.3 is 0 Å². The van der Waals surface area contributed by atoms with Crippen molar-refractivity contribution in [3.63, 3.8) is 0 Å². The standard InChI is InChI=1S/C21H21NO2.C2H6/c1-5-14-13-20-17(6-2)19(8-4)21(22(20)24,18(14)7-3)15-9-11-16(23)12-10-15;1-2/h5-12,20,23-24H,1-4,13H2;1-2H3. The first-order valence-corrected chi connectivity index (χ1v) is 8.81. The van der Waals surface area contributed by atoms with Gasteiger partial charge in [0.25, 0.3) is 0 Å². The number of phenols is 1. The molecule has 2 heterocycles. The molecule has 0 amide bonds. The zero-order valence-corrected chi connectivity index (χ0v) is 15.6. The highest BCUT2D eigenvalue weighted by molar-refractivity contribution is 5.64. The molecule has 2 aliphatic heterocycles. The highest BCUT2D eigenvalue weighted by Crippen LogP contribution is 2.56. The van der Waals surface area contributed by atoms with E-state index in [9.17, 15) is 10.3 Å². The van der Waals surface area contributed by atoms with Crippen LogP contribution in [0.15, 0.2) is 97.2 Å². The van der Waals surface area contributed by atoms with Crippen molar-refractivity contribution < 1.29 is 10.3 Å². The predicted octanol–water partition coefficient (Wildman–Crippen LogP) is 5.43. The van der Waals surface area contributed by atoms with E-state index in [1.165, 1.54) is 5.06 Å². The maximum Gasteiger partial charge on any atom is 0.122 e. The van der Waals surface area contributed by atoms with E-state index < -0.39 is 5.54 Å². The molecule has 26 heavy (non-hydrogen) atoms. The van der Waals surface area contributed by atoms with Crippen molar-refractivity contribution in [2.75, 3.05) is 0 Å². The Morgan fingerprint density at radius 1 is 0.962 bits per heavy atom. The summed E-state index contributed by atoms with van der Waals surface area (Å²) in [5, 5.41) is 22.1. The summed E-state index contributed by atoms with van der Waals surface area (Å²) in [5.74, 6) is 0.172. The minimum Gasteiger partial charge on any atom is -0.508 e. The lowest BCUT2D eigenvalue weighted by molar-refractivity contribution is -0.164. The van der Waals surface area contributed by atoms with Crippen molar-refractivity contribution in [2.45, 2.75) is 31.8 Å². The molecule has 2 unspecified atom stereocenters. The van der Waals surface area contributed by atoms with Gasteiger partial charge in [-0.2, -0.15) is 5.06 Å². The van der Waals surface area contributed by atoms with Gasteiger partial charge < -0.3 is 10.3 Å². The molecule has 2 atom stereocenters. The van der Waals surface area contributed by atoms with Crippen LogP contribution in [0.5, 0.6) is 5.75 Å². The second kappa shape index (κ2) is 7.73. The molecule has 0 aliphatic carbocycles. The normalized spacial score (nSPS) is 24.7. The first kappa shape index (κ1) is 19.7. The fourth-order valence-electron chi connectivity index (χ4n) is 4.02. The van der Waals surface area contributed by atoms with Gasteiger partial charge in [0.15, 0.2) is 0 Å². The third-order valence-electron chi connectivity index (χ3n) is 5.01. The van der Waals surface area contributed by atoms with E-state index in [0.29, 0.717) is 6.42 Å². The fourth-order valence-corrected chi connectivity index (χ4v) is 4.02. The number of benzene rings is 1. The van der Waals surface area contributed by atoms with E-state index in [1.807, 2.05) is 19.9 Å². The van der Waals surface area contributed by atoms with E-state index >= 15 is 0 Å². The molecule has 0 saturated heterocycles. The molecule has 1 aromatic rings. The minimum absolute atomic E-state index is 0.172. The maximum absolute atomic E-state index is 11.1. The number of hydrogen-bond acceptors (Lipinski definition) is 3. The molecule has 2 aliphatic rings. The summed E-state index contributed by atoms with van der Waals surface area (Å²) in [6, 6.07) is 6.62. The average Bonchev–Trinajstić information content (AvgIpc) is 2.84. The zero-order chi connectivity index (χ0) is 19.5. The molecule has 0 saturated carbocycles. The van der Waals surface area contributed by atoms with E-state index in [4.69, 9.17) is 0 Å². The van der Waals surface area contributed by atoms with Gasteiger partial charge in [0.05, 0.1) is 6.04 Å². The number of nitrogens with zero attached hydrogens (tertiary/aromatic N) is 1. The van der Waals surface area contributed by atoms with Crippen molar-refractivity contribution in [1.29, 1.82) is 0 Å². The molecular weight excluding hydrogens is 322 g/mol. The molecule has 0 spiro atoms. The SMILES string of the molecule is C=CC1=C(C=C)C2(c3ccc(O)cc3)C(C=C)=C(C=C)C(C1)N2O.CC. The van der Waals surface area contributed by atoms with Crippen LogP contribution in [0.2, 0.25) is 0 Å². The van der Waals surface area contributed by atoms with Gasteiger partial charge in [0, 0.05) is 0 Å². The second-order valence-corrected chi connectivity index (χ2v) is 5.95. The molecule has 2 bridgehead atoms. The van der Waals surface area contributed by atoms with Crippen LogP contribution < -0.4 is 0 Å². The van der Waals surface area contributed by atoms with Crippen molar-refractivity contribution in [1.82, 2.24) is 5.06 Å². The summed E-state index contributed by atoms with van der Waals surface area (Å²) in [4.78, 5) is 0. The Labute approximate surface area is 156 Å². The van der Waals surface area contributed by atoms with Gasteiger partial charge in [0.2, 0.25) is 0 Å². The number of allylic oxidation sites excluding steroid dienone is 1. The van der Waals surface area contributed by atoms with Crippen molar-refractivity contribution in [3.05, 3.63) is 103 Å². The quantitative estimate of drug-likeness (QED) is 0.745. The van der Waals surface area contributed by atoms with Crippen LogP contribution >= 0.6 is 0 Å². The summed E-state index contributed by atoms with van der Waals surface area (Å²) in [7, 11) is 0. The van der Waals surface area contributed by atoms with E-state index in [-0.39, 0.29) is 11.8 Å². The number of aromatic hydroxyl groups is 1. The lowest BCUT2D eigenvalue weighted by atomic mass is 9.74. The third-order valence-corrected chi connectivity index (χ3v) is 5.01. The zero-order valence-electron chi connectivity index (χ0n) is 15.6. The van der Waals surface area contributed by atoms with Crippen LogP contribution in [0.4, 0.5) is 0 Å². The maximum atomic E-state index is 11.1.